The highest BCUT2D eigenvalue weighted by atomic mass is 16.5. The van der Waals surface area contributed by atoms with E-state index in [-0.39, 0.29) is 16.8 Å². The average molecular weight is 533 g/mol. The minimum Gasteiger partial charge on any atom is -0.490 e. The van der Waals surface area contributed by atoms with Crippen molar-refractivity contribution in [2.45, 2.75) is 33.4 Å². The van der Waals surface area contributed by atoms with Gasteiger partial charge in [0.2, 0.25) is 5.76 Å². The van der Waals surface area contributed by atoms with Crippen LogP contribution in [0.1, 0.15) is 51.3 Å². The third-order valence-electron chi connectivity index (χ3n) is 6.99. The number of aryl methyl sites for hydroxylation is 2. The Bertz CT molecular complexity index is 1780. The number of fused-ring (bicyclic) bond motifs is 2. The van der Waals surface area contributed by atoms with E-state index >= 15 is 0 Å². The molecule has 7 nitrogen and oxygen atoms in total. The maximum Gasteiger partial charge on any atom is 0.296 e. The number of ether oxygens (including phenoxy) is 2. The molecule has 1 unspecified atom stereocenters. The van der Waals surface area contributed by atoms with E-state index in [0.29, 0.717) is 47.1 Å². The van der Waals surface area contributed by atoms with Crippen LogP contribution in [0.5, 0.6) is 11.5 Å². The van der Waals surface area contributed by atoms with Crippen molar-refractivity contribution in [2.75, 3.05) is 11.5 Å². The van der Waals surface area contributed by atoms with Gasteiger partial charge in [0.25, 0.3) is 5.91 Å². The summed E-state index contributed by atoms with van der Waals surface area (Å²) in [6.07, 6.45) is 1.70. The molecule has 0 bridgehead atoms. The van der Waals surface area contributed by atoms with Crippen molar-refractivity contribution in [1.82, 2.24) is 4.98 Å². The van der Waals surface area contributed by atoms with Gasteiger partial charge in [-0.3, -0.25) is 14.5 Å². The highest BCUT2D eigenvalue weighted by molar-refractivity contribution is 6.10. The molecule has 0 saturated carbocycles. The zero-order chi connectivity index (χ0) is 27.8. The number of carbonyl (C=O) groups is 1. The van der Waals surface area contributed by atoms with E-state index in [9.17, 15) is 9.59 Å². The molecule has 0 spiro atoms. The van der Waals surface area contributed by atoms with Crippen molar-refractivity contribution >= 4 is 22.7 Å². The van der Waals surface area contributed by atoms with E-state index in [1.807, 2.05) is 81.4 Å². The Hall–Kier alpha value is -4.91. The van der Waals surface area contributed by atoms with Crippen LogP contribution >= 0.6 is 0 Å². The van der Waals surface area contributed by atoms with E-state index in [2.05, 4.69) is 4.98 Å². The number of hydrogen-bond donors (Lipinski definition) is 0. The fourth-order valence-electron chi connectivity index (χ4n) is 5.06. The SMILES string of the molecule is CCOc1cc(C2c3c(oc4ccc(C)cc4c3=O)C(=O)N2c2ccc(C)cn2)ccc1OCc1ccccc1. The lowest BCUT2D eigenvalue weighted by Crippen LogP contribution is -2.30. The van der Waals surface area contributed by atoms with Crippen LogP contribution in [0.25, 0.3) is 11.0 Å². The molecule has 7 heteroatoms. The van der Waals surface area contributed by atoms with Crippen molar-refractivity contribution in [2.24, 2.45) is 0 Å². The minimum absolute atomic E-state index is 0.0242. The lowest BCUT2D eigenvalue weighted by Gasteiger charge is -2.25. The molecule has 200 valence electrons. The van der Waals surface area contributed by atoms with Gasteiger partial charge in [0.15, 0.2) is 16.9 Å². The normalized spacial score (nSPS) is 14.4. The second-order valence-electron chi connectivity index (χ2n) is 9.86. The first-order valence-corrected chi connectivity index (χ1v) is 13.2. The fraction of sp³-hybridized carbons (Fsp3) is 0.182. The highest BCUT2D eigenvalue weighted by Crippen LogP contribution is 2.43. The Morgan fingerprint density at radius 2 is 1.68 bits per heavy atom. The number of carbonyl (C=O) groups excluding carboxylic acids is 1. The van der Waals surface area contributed by atoms with Crippen LogP contribution in [0.4, 0.5) is 5.82 Å². The minimum atomic E-state index is -0.763. The number of pyridine rings is 1. The van der Waals surface area contributed by atoms with E-state index in [1.165, 1.54) is 4.90 Å². The summed E-state index contributed by atoms with van der Waals surface area (Å²) in [5.41, 5.74) is 4.01. The number of amides is 1. The number of nitrogens with zero attached hydrogens (tertiary/aromatic N) is 2. The van der Waals surface area contributed by atoms with Gasteiger partial charge in [0.05, 0.1) is 23.6 Å². The zero-order valence-electron chi connectivity index (χ0n) is 22.5. The van der Waals surface area contributed by atoms with Crippen LogP contribution in [-0.4, -0.2) is 17.5 Å². The molecule has 0 radical (unpaired) electrons. The first-order valence-electron chi connectivity index (χ1n) is 13.2. The molecule has 1 amide bonds. The zero-order valence-corrected chi connectivity index (χ0v) is 22.5. The molecule has 1 atom stereocenters. The van der Waals surface area contributed by atoms with Crippen molar-refractivity contribution in [3.63, 3.8) is 0 Å². The molecule has 1 aliphatic rings. The molecule has 0 saturated heterocycles. The predicted molar refractivity (Wildman–Crippen MR) is 153 cm³/mol. The van der Waals surface area contributed by atoms with Crippen molar-refractivity contribution < 1.29 is 18.7 Å². The van der Waals surface area contributed by atoms with Crippen LogP contribution in [-0.2, 0) is 6.61 Å². The van der Waals surface area contributed by atoms with Gasteiger partial charge >= 0.3 is 0 Å². The molecular formula is C33H28N2O5. The molecule has 2 aromatic heterocycles. The summed E-state index contributed by atoms with van der Waals surface area (Å²) < 4.78 is 18.2. The predicted octanol–water partition coefficient (Wildman–Crippen LogP) is 6.53. The van der Waals surface area contributed by atoms with Crippen LogP contribution in [0.3, 0.4) is 0 Å². The quantitative estimate of drug-likeness (QED) is 0.237. The first kappa shape index (κ1) is 25.4. The summed E-state index contributed by atoms with van der Waals surface area (Å²) in [6.45, 7) is 6.53. The lowest BCUT2D eigenvalue weighted by molar-refractivity contribution is 0.0970. The molecule has 0 aliphatic carbocycles. The lowest BCUT2D eigenvalue weighted by atomic mass is 9.97. The second kappa shape index (κ2) is 10.3. The fourth-order valence-corrected chi connectivity index (χ4v) is 5.06. The van der Waals surface area contributed by atoms with E-state index in [4.69, 9.17) is 13.9 Å². The Labute approximate surface area is 231 Å². The van der Waals surface area contributed by atoms with Gasteiger partial charge in [-0.2, -0.15) is 0 Å². The standard InChI is InChI=1S/C33H28N2O5/c1-4-38-27-17-23(12-14-26(27)39-19-22-8-6-5-7-9-22)30-29-31(36)24-16-20(2)10-13-25(24)40-32(29)33(37)35(30)28-15-11-21(3)18-34-28/h5-18,30H,4,19H2,1-3H3. The molecule has 5 aromatic rings. The monoisotopic (exact) mass is 532 g/mol. The van der Waals surface area contributed by atoms with Gasteiger partial charge in [-0.05, 0) is 67.8 Å². The van der Waals surface area contributed by atoms with Crippen LogP contribution in [0, 0.1) is 13.8 Å². The molecule has 40 heavy (non-hydrogen) atoms. The summed E-state index contributed by atoms with van der Waals surface area (Å²) in [5, 5.41) is 0.433. The maximum absolute atomic E-state index is 14.0. The van der Waals surface area contributed by atoms with Crippen molar-refractivity contribution in [1.29, 1.82) is 0 Å². The summed E-state index contributed by atoms with van der Waals surface area (Å²) in [4.78, 5) is 33.9. The van der Waals surface area contributed by atoms with Crippen LogP contribution in [0.15, 0.2) is 94.3 Å². The smallest absolute Gasteiger partial charge is 0.296 e. The topological polar surface area (TPSA) is 81.9 Å². The molecule has 0 N–H and O–H groups in total. The average Bonchev–Trinajstić information content (AvgIpc) is 3.26. The molecule has 3 aromatic carbocycles. The Balaban J connectivity index is 1.50. The van der Waals surface area contributed by atoms with Crippen molar-refractivity contribution in [3.05, 3.63) is 129 Å². The first-order chi connectivity index (χ1) is 19.4. The molecule has 6 rings (SSSR count). The Morgan fingerprint density at radius 3 is 2.42 bits per heavy atom. The van der Waals surface area contributed by atoms with Crippen LogP contribution in [0.2, 0.25) is 0 Å². The molecule has 3 heterocycles. The number of aromatic nitrogens is 1. The molecular weight excluding hydrogens is 504 g/mol. The van der Waals surface area contributed by atoms with Gasteiger partial charge in [-0.1, -0.05) is 54.1 Å². The number of rotatable bonds is 7. The largest absolute Gasteiger partial charge is 0.490 e. The van der Waals surface area contributed by atoms with Gasteiger partial charge in [-0.25, -0.2) is 4.98 Å². The van der Waals surface area contributed by atoms with Gasteiger partial charge in [0.1, 0.15) is 18.0 Å². The van der Waals surface area contributed by atoms with Crippen molar-refractivity contribution in [3.8, 4) is 11.5 Å². The molecule has 1 aliphatic heterocycles. The maximum atomic E-state index is 14.0. The van der Waals surface area contributed by atoms with E-state index < -0.39 is 11.9 Å². The van der Waals surface area contributed by atoms with Gasteiger partial charge in [0, 0.05) is 6.20 Å². The van der Waals surface area contributed by atoms with E-state index in [1.54, 1.807) is 24.4 Å². The Morgan fingerprint density at radius 1 is 0.875 bits per heavy atom. The number of benzene rings is 3. The summed E-state index contributed by atoms with van der Waals surface area (Å²) in [7, 11) is 0. The summed E-state index contributed by atoms with van der Waals surface area (Å²) in [5.74, 6) is 1.12. The summed E-state index contributed by atoms with van der Waals surface area (Å²) >= 11 is 0. The van der Waals surface area contributed by atoms with Crippen LogP contribution < -0.4 is 19.8 Å². The molecule has 0 fully saturated rings. The van der Waals surface area contributed by atoms with Gasteiger partial charge < -0.3 is 13.9 Å². The third kappa shape index (κ3) is 4.49. The highest BCUT2D eigenvalue weighted by Gasteiger charge is 2.44. The third-order valence-corrected chi connectivity index (χ3v) is 6.99. The Kier molecular flexibility index (Phi) is 6.56. The van der Waals surface area contributed by atoms with E-state index in [0.717, 1.165) is 16.7 Å². The van der Waals surface area contributed by atoms with Gasteiger partial charge in [-0.15, -0.1) is 0 Å². The second-order valence-corrected chi connectivity index (χ2v) is 9.86. The number of hydrogen-bond acceptors (Lipinski definition) is 6. The summed E-state index contributed by atoms with van der Waals surface area (Å²) in [6, 6.07) is 23.7. The number of anilines is 1.